The highest BCUT2D eigenvalue weighted by molar-refractivity contribution is 7.92. The second kappa shape index (κ2) is 5.96. The molecular weight excluding hydrogens is 292 g/mol. The minimum Gasteiger partial charge on any atom is -0.350 e. The van der Waals surface area contributed by atoms with Gasteiger partial charge >= 0.3 is 0 Å². The van der Waals surface area contributed by atoms with E-state index in [0.29, 0.717) is 11.3 Å². The second-order valence-corrected chi connectivity index (χ2v) is 6.38. The number of carbonyl (C=O) groups is 1. The lowest BCUT2D eigenvalue weighted by Gasteiger charge is -2.10. The average Bonchev–Trinajstić information content (AvgIpc) is 2.92. The molecule has 0 fully saturated rings. The van der Waals surface area contributed by atoms with E-state index in [-0.39, 0.29) is 17.0 Å². The van der Waals surface area contributed by atoms with Crippen molar-refractivity contribution in [2.45, 2.75) is 24.9 Å². The summed E-state index contributed by atoms with van der Waals surface area (Å²) in [6.07, 6.45) is 2.48. The molecule has 0 unspecified atom stereocenters. The zero-order chi connectivity index (χ0) is 15.5. The third-order valence-corrected chi connectivity index (χ3v) is 3.87. The van der Waals surface area contributed by atoms with Crippen LogP contribution in [0.15, 0.2) is 41.8 Å². The Morgan fingerprint density at radius 3 is 2.71 bits per heavy atom. The Morgan fingerprint density at radius 2 is 2.10 bits per heavy atom. The molecule has 8 heteroatoms. The van der Waals surface area contributed by atoms with Gasteiger partial charge < -0.3 is 10.3 Å². The lowest BCUT2D eigenvalue weighted by Crippen LogP contribution is -2.30. The Bertz CT molecular complexity index is 724. The van der Waals surface area contributed by atoms with Crippen molar-refractivity contribution in [1.29, 1.82) is 0 Å². The number of amides is 1. The van der Waals surface area contributed by atoms with Gasteiger partial charge in [0.1, 0.15) is 0 Å². The molecule has 0 radical (unpaired) electrons. The van der Waals surface area contributed by atoms with Crippen LogP contribution in [0.3, 0.4) is 0 Å². The molecular formula is C13H16N4O3S. The minimum absolute atomic E-state index is 0.00263. The van der Waals surface area contributed by atoms with Gasteiger partial charge in [0.05, 0.1) is 12.5 Å². The summed E-state index contributed by atoms with van der Waals surface area (Å²) in [6, 6.07) is 6.28. The van der Waals surface area contributed by atoms with Crippen molar-refractivity contribution < 1.29 is 13.2 Å². The van der Waals surface area contributed by atoms with Gasteiger partial charge in [-0.1, -0.05) is 6.07 Å². The molecule has 0 bridgehead atoms. The van der Waals surface area contributed by atoms with Gasteiger partial charge in [-0.25, -0.2) is 4.98 Å². The predicted octanol–water partition coefficient (Wildman–Crippen LogP) is 1.35. The highest BCUT2D eigenvalue weighted by atomic mass is 32.2. The van der Waals surface area contributed by atoms with Crippen molar-refractivity contribution in [3.8, 4) is 0 Å². The van der Waals surface area contributed by atoms with Crippen LogP contribution >= 0.6 is 0 Å². The van der Waals surface area contributed by atoms with Crippen molar-refractivity contribution in [3.63, 3.8) is 0 Å². The molecule has 1 amide bonds. The molecule has 0 atom stereocenters. The minimum atomic E-state index is -3.74. The molecule has 2 aromatic rings. The Hall–Kier alpha value is -2.35. The van der Waals surface area contributed by atoms with E-state index in [0.717, 1.165) is 0 Å². The first kappa shape index (κ1) is 15.0. The van der Waals surface area contributed by atoms with Gasteiger partial charge in [0, 0.05) is 17.3 Å². The van der Waals surface area contributed by atoms with Crippen molar-refractivity contribution in [2.75, 3.05) is 4.72 Å². The predicted molar refractivity (Wildman–Crippen MR) is 78.4 cm³/mol. The van der Waals surface area contributed by atoms with Crippen LogP contribution in [-0.2, 0) is 10.0 Å². The molecule has 1 aromatic carbocycles. The van der Waals surface area contributed by atoms with Crippen LogP contribution in [0.1, 0.15) is 24.2 Å². The number of sulfonamides is 1. The maximum absolute atomic E-state index is 12.0. The number of rotatable bonds is 5. The lowest BCUT2D eigenvalue weighted by atomic mass is 10.2. The summed E-state index contributed by atoms with van der Waals surface area (Å²) in [7, 11) is -3.74. The van der Waals surface area contributed by atoms with Crippen LogP contribution in [0.2, 0.25) is 0 Å². The standard InChI is InChI=1S/C13H16N4O3S/c1-9(2)16-13(18)10-4-3-5-11(6-10)17-21(19,20)12-7-14-8-15-12/h3-9,17H,1-2H3,(H,14,15)(H,16,18). The van der Waals surface area contributed by atoms with Crippen molar-refractivity contribution >= 4 is 21.6 Å². The van der Waals surface area contributed by atoms with Crippen LogP contribution in [0.5, 0.6) is 0 Å². The smallest absolute Gasteiger partial charge is 0.278 e. The average molecular weight is 308 g/mol. The first-order valence-corrected chi connectivity index (χ1v) is 7.79. The summed E-state index contributed by atoms with van der Waals surface area (Å²) in [5.74, 6) is -0.257. The monoisotopic (exact) mass is 308 g/mol. The number of nitrogens with one attached hydrogen (secondary N) is 3. The molecule has 0 aliphatic heterocycles. The van der Waals surface area contributed by atoms with Crippen LogP contribution in [0.25, 0.3) is 0 Å². The lowest BCUT2D eigenvalue weighted by molar-refractivity contribution is 0.0943. The number of anilines is 1. The fourth-order valence-electron chi connectivity index (χ4n) is 1.67. The van der Waals surface area contributed by atoms with Crippen LogP contribution in [0.4, 0.5) is 5.69 Å². The topological polar surface area (TPSA) is 104 Å². The first-order chi connectivity index (χ1) is 9.88. The molecule has 0 aliphatic carbocycles. The molecule has 2 rings (SSSR count). The number of hydrogen-bond donors (Lipinski definition) is 3. The highest BCUT2D eigenvalue weighted by Gasteiger charge is 2.16. The van der Waals surface area contributed by atoms with Crippen LogP contribution in [0, 0.1) is 0 Å². The number of benzene rings is 1. The largest absolute Gasteiger partial charge is 0.350 e. The van der Waals surface area contributed by atoms with Gasteiger partial charge in [-0.05, 0) is 32.0 Å². The molecule has 0 spiro atoms. The molecule has 1 aromatic heterocycles. The Balaban J connectivity index is 2.21. The number of H-pyrrole nitrogens is 1. The normalized spacial score (nSPS) is 11.4. The maximum atomic E-state index is 12.0. The van der Waals surface area contributed by atoms with E-state index in [1.807, 2.05) is 13.8 Å². The van der Waals surface area contributed by atoms with E-state index < -0.39 is 10.0 Å². The van der Waals surface area contributed by atoms with Crippen molar-refractivity contribution in [1.82, 2.24) is 15.3 Å². The Kier molecular flexibility index (Phi) is 4.27. The molecule has 1 heterocycles. The van der Waals surface area contributed by atoms with Gasteiger partial charge in [-0.2, -0.15) is 8.42 Å². The van der Waals surface area contributed by atoms with E-state index in [1.54, 1.807) is 18.2 Å². The zero-order valence-corrected chi connectivity index (χ0v) is 12.4. The molecule has 0 saturated carbocycles. The number of aromatic amines is 1. The number of hydrogen-bond acceptors (Lipinski definition) is 4. The second-order valence-electron chi connectivity index (χ2n) is 4.73. The molecule has 112 valence electrons. The van der Waals surface area contributed by atoms with E-state index in [4.69, 9.17) is 0 Å². The van der Waals surface area contributed by atoms with Gasteiger partial charge in [-0.3, -0.25) is 9.52 Å². The van der Waals surface area contributed by atoms with Crippen LogP contribution < -0.4 is 10.0 Å². The van der Waals surface area contributed by atoms with Gasteiger partial charge in [0.25, 0.3) is 15.9 Å². The Labute approximate surface area is 122 Å². The maximum Gasteiger partial charge on any atom is 0.278 e. The van der Waals surface area contributed by atoms with Gasteiger partial charge in [0.2, 0.25) is 0 Å². The molecule has 0 aliphatic rings. The fourth-order valence-corrected chi connectivity index (χ4v) is 2.62. The summed E-state index contributed by atoms with van der Waals surface area (Å²) in [4.78, 5) is 18.1. The number of imidazole rings is 1. The van der Waals surface area contributed by atoms with E-state index in [1.165, 1.54) is 18.6 Å². The molecule has 0 saturated heterocycles. The number of nitrogens with zero attached hydrogens (tertiary/aromatic N) is 1. The van der Waals surface area contributed by atoms with Crippen LogP contribution in [-0.4, -0.2) is 30.3 Å². The summed E-state index contributed by atoms with van der Waals surface area (Å²) >= 11 is 0. The summed E-state index contributed by atoms with van der Waals surface area (Å²) in [5.41, 5.74) is 0.689. The van der Waals surface area contributed by atoms with Crippen molar-refractivity contribution in [3.05, 3.63) is 42.4 Å². The molecule has 7 nitrogen and oxygen atoms in total. The van der Waals surface area contributed by atoms with E-state index >= 15 is 0 Å². The van der Waals surface area contributed by atoms with Crippen molar-refractivity contribution in [2.24, 2.45) is 0 Å². The van der Waals surface area contributed by atoms with Gasteiger partial charge in [0.15, 0.2) is 5.03 Å². The third kappa shape index (κ3) is 3.82. The highest BCUT2D eigenvalue weighted by Crippen LogP contribution is 2.15. The Morgan fingerprint density at radius 1 is 1.33 bits per heavy atom. The summed E-state index contributed by atoms with van der Waals surface area (Å²) in [5, 5.41) is 2.70. The zero-order valence-electron chi connectivity index (χ0n) is 11.6. The summed E-state index contributed by atoms with van der Waals surface area (Å²) < 4.78 is 26.5. The SMILES string of the molecule is CC(C)NC(=O)c1cccc(NS(=O)(=O)c2cnc[nH]2)c1. The molecule has 21 heavy (non-hydrogen) atoms. The van der Waals surface area contributed by atoms with Gasteiger partial charge in [-0.15, -0.1) is 0 Å². The fraction of sp³-hybridized carbons (Fsp3) is 0.231. The third-order valence-electron chi connectivity index (χ3n) is 2.56. The van der Waals surface area contributed by atoms with E-state index in [9.17, 15) is 13.2 Å². The molecule has 3 N–H and O–H groups in total. The first-order valence-electron chi connectivity index (χ1n) is 6.30. The summed E-state index contributed by atoms with van der Waals surface area (Å²) in [6.45, 7) is 3.70. The quantitative estimate of drug-likeness (QED) is 0.775. The number of aromatic nitrogens is 2. The van der Waals surface area contributed by atoms with E-state index in [2.05, 4.69) is 20.0 Å². The number of carbonyl (C=O) groups excluding carboxylic acids is 1.